The van der Waals surface area contributed by atoms with E-state index in [1.807, 2.05) is 71.8 Å². The minimum Gasteiger partial charge on any atom is -0.453 e. The third kappa shape index (κ3) is 8.78. The number of likely N-dealkylation sites (tertiary alicyclic amines) is 2. The van der Waals surface area contributed by atoms with Crippen molar-refractivity contribution in [1.82, 2.24) is 45.4 Å². The maximum atomic E-state index is 14.0. The number of fused-ring (bicyclic) bond motifs is 1. The number of nitrogens with one attached hydrogen (secondary N) is 4. The van der Waals surface area contributed by atoms with Crippen LogP contribution >= 0.6 is 0 Å². The number of H-pyrrole nitrogens is 2. The van der Waals surface area contributed by atoms with E-state index < -0.39 is 24.3 Å². The van der Waals surface area contributed by atoms with Crippen molar-refractivity contribution < 1.29 is 33.4 Å². The molecule has 4 amide bonds. The first-order valence-electron chi connectivity index (χ1n) is 21.8. The molecule has 16 nitrogen and oxygen atoms in total. The van der Waals surface area contributed by atoms with Crippen LogP contribution in [0, 0.1) is 5.92 Å². The van der Waals surface area contributed by atoms with Crippen molar-refractivity contribution in [2.24, 2.45) is 5.92 Å². The number of pyridine rings is 1. The van der Waals surface area contributed by atoms with Crippen LogP contribution in [0.4, 0.5) is 9.59 Å². The highest BCUT2D eigenvalue weighted by molar-refractivity contribution is 5.90. The zero-order valence-electron chi connectivity index (χ0n) is 35.8. The predicted octanol–water partition coefficient (Wildman–Crippen LogP) is 7.26. The summed E-state index contributed by atoms with van der Waals surface area (Å²) in [6.45, 7) is 2.24. The summed E-state index contributed by atoms with van der Waals surface area (Å²) in [6, 6.07) is 23.5. The topological polar surface area (TPSA) is 197 Å². The molecule has 64 heavy (non-hydrogen) atoms. The third-order valence-corrected chi connectivity index (χ3v) is 12.7. The molecule has 4 N–H and O–H groups in total. The summed E-state index contributed by atoms with van der Waals surface area (Å²) in [7, 11) is 2.58. The van der Waals surface area contributed by atoms with Gasteiger partial charge in [-0.1, -0.05) is 66.7 Å². The fraction of sp³-hybridized carbons (Fsp3) is 0.354. The highest BCUT2D eigenvalue weighted by Crippen LogP contribution is 2.36. The second kappa shape index (κ2) is 18.7. The zero-order chi connectivity index (χ0) is 44.2. The second-order valence-electron chi connectivity index (χ2n) is 16.5. The minimum absolute atomic E-state index is 0.0345. The first-order valence-corrected chi connectivity index (χ1v) is 21.8. The zero-order valence-corrected chi connectivity index (χ0v) is 35.8. The number of ether oxygens (including phenoxy) is 3. The summed E-state index contributed by atoms with van der Waals surface area (Å²) >= 11 is 0. The Morgan fingerprint density at radius 3 is 1.91 bits per heavy atom. The summed E-state index contributed by atoms with van der Waals surface area (Å²) in [5.41, 5.74) is 6.03. The molecule has 3 aliphatic heterocycles. The van der Waals surface area contributed by atoms with Crippen LogP contribution in [-0.4, -0.2) is 105 Å². The second-order valence-corrected chi connectivity index (χ2v) is 16.5. The maximum Gasteiger partial charge on any atom is 0.407 e. The first kappa shape index (κ1) is 42.2. The average molecular weight is 866 g/mol. The van der Waals surface area contributed by atoms with Gasteiger partial charge in [0.05, 0.1) is 55.8 Å². The average Bonchev–Trinajstić information content (AvgIpc) is 4.20. The van der Waals surface area contributed by atoms with Crippen LogP contribution in [0.1, 0.15) is 73.9 Å². The van der Waals surface area contributed by atoms with Crippen LogP contribution in [0.5, 0.6) is 0 Å². The molecule has 0 bridgehead atoms. The lowest BCUT2D eigenvalue weighted by molar-refractivity contribution is -0.137. The van der Waals surface area contributed by atoms with Crippen LogP contribution in [0.15, 0.2) is 97.5 Å². The number of benzene rings is 3. The van der Waals surface area contributed by atoms with Crippen molar-refractivity contribution >= 4 is 34.8 Å². The molecule has 4 atom stereocenters. The molecule has 6 heterocycles. The van der Waals surface area contributed by atoms with Crippen molar-refractivity contribution in [3.05, 3.63) is 115 Å². The van der Waals surface area contributed by atoms with Crippen molar-refractivity contribution in [2.75, 3.05) is 40.5 Å². The van der Waals surface area contributed by atoms with E-state index in [4.69, 9.17) is 29.2 Å². The van der Waals surface area contributed by atoms with Gasteiger partial charge >= 0.3 is 12.2 Å². The molecule has 0 saturated carbocycles. The highest BCUT2D eigenvalue weighted by Gasteiger charge is 2.40. The van der Waals surface area contributed by atoms with Crippen molar-refractivity contribution in [1.29, 1.82) is 0 Å². The largest absolute Gasteiger partial charge is 0.453 e. The molecule has 3 aliphatic rings. The van der Waals surface area contributed by atoms with E-state index >= 15 is 0 Å². The molecule has 0 spiro atoms. The summed E-state index contributed by atoms with van der Waals surface area (Å²) in [4.78, 5) is 77.3. The Balaban J connectivity index is 0.868. The lowest BCUT2D eigenvalue weighted by atomic mass is 9.90. The molecule has 16 heteroatoms. The Bertz CT molecular complexity index is 2620. The number of nitrogens with zero attached hydrogens (tertiary/aromatic N) is 5. The van der Waals surface area contributed by atoms with Gasteiger partial charge in [-0.15, -0.1) is 0 Å². The Morgan fingerprint density at radius 1 is 0.656 bits per heavy atom. The van der Waals surface area contributed by atoms with E-state index in [0.29, 0.717) is 56.4 Å². The van der Waals surface area contributed by atoms with Gasteiger partial charge in [0.15, 0.2) is 0 Å². The molecule has 4 unspecified atom stereocenters. The number of aromatic amines is 2. The first-order chi connectivity index (χ1) is 31.3. The van der Waals surface area contributed by atoms with Gasteiger partial charge in [-0.05, 0) is 73.1 Å². The Kier molecular flexibility index (Phi) is 12.4. The Morgan fingerprint density at radius 2 is 1.25 bits per heavy atom. The number of aromatic nitrogens is 5. The van der Waals surface area contributed by atoms with Crippen LogP contribution < -0.4 is 10.6 Å². The molecular formula is C48H51N9O7. The number of carbonyl (C=O) groups excluding carboxylic acids is 4. The number of carbonyl (C=O) groups is 4. The van der Waals surface area contributed by atoms with Crippen LogP contribution in [0.2, 0.25) is 0 Å². The molecule has 0 aliphatic carbocycles. The quantitative estimate of drug-likeness (QED) is 0.103. The number of alkyl carbamates (subject to hydrolysis) is 2. The van der Waals surface area contributed by atoms with Gasteiger partial charge in [0.1, 0.15) is 23.7 Å². The molecule has 3 fully saturated rings. The minimum atomic E-state index is -0.890. The standard InChI is InChI=1S/C48H51N9O7/c1-62-47(60)54-41(31-8-4-3-5-9-31)45(58)56-20-7-11-40(56)44-51-28-38(53-44)34-17-16-33-25-36(49-26-35(33)24-34)29-12-14-30(15-13-29)37-27-50-43(52-37)39-10-6-21-57(39)46(59)42(55-48(61)63-2)32-18-22-64-23-19-32/h3-5,8-9,12-17,24-28,32,39-42H,6-7,10-11,18-23H2,1-2H3,(H,50,52)(H,51,53)(H,54,60)(H,55,61). The van der Waals surface area contributed by atoms with E-state index in [-0.39, 0.29) is 29.8 Å². The van der Waals surface area contributed by atoms with E-state index in [1.165, 1.54) is 14.2 Å². The SMILES string of the molecule is COC(=O)NC(C(=O)N1CCCC1c1ncc(-c2ccc3cc(-c4ccc(-c5cnc(C6CCCN6C(=O)C(NC(=O)OC)C6CCOCC6)[nH]5)cc4)ncc3c2)[nH]1)c1ccccc1. The van der Waals surface area contributed by atoms with Crippen molar-refractivity contribution in [3.63, 3.8) is 0 Å². The summed E-state index contributed by atoms with van der Waals surface area (Å²) < 4.78 is 15.2. The summed E-state index contributed by atoms with van der Waals surface area (Å²) in [5.74, 6) is 1.03. The monoisotopic (exact) mass is 865 g/mol. The molecule has 3 aromatic carbocycles. The van der Waals surface area contributed by atoms with Crippen molar-refractivity contribution in [2.45, 2.75) is 62.7 Å². The number of imidazole rings is 2. The lowest BCUT2D eigenvalue weighted by Gasteiger charge is -2.34. The molecule has 3 saturated heterocycles. The van der Waals surface area contributed by atoms with E-state index in [0.717, 1.165) is 70.2 Å². The summed E-state index contributed by atoms with van der Waals surface area (Å²) in [6.07, 6.45) is 8.71. The van der Waals surface area contributed by atoms with Gasteiger partial charge in [-0.25, -0.2) is 19.6 Å². The van der Waals surface area contributed by atoms with Gasteiger partial charge in [0.2, 0.25) is 5.91 Å². The van der Waals surface area contributed by atoms with Gasteiger partial charge < -0.3 is 44.6 Å². The van der Waals surface area contributed by atoms with Gasteiger partial charge in [0, 0.05) is 49.0 Å². The van der Waals surface area contributed by atoms with E-state index in [1.54, 1.807) is 17.3 Å². The molecule has 3 aromatic heterocycles. The molecule has 9 rings (SSSR count). The Labute approximate surface area is 370 Å². The van der Waals surface area contributed by atoms with Gasteiger partial charge in [-0.3, -0.25) is 14.6 Å². The smallest absolute Gasteiger partial charge is 0.407 e. The fourth-order valence-electron chi connectivity index (χ4n) is 9.29. The molecule has 0 radical (unpaired) electrons. The molecule has 6 aromatic rings. The summed E-state index contributed by atoms with van der Waals surface area (Å²) in [5, 5.41) is 7.53. The van der Waals surface area contributed by atoms with Crippen LogP contribution in [0.3, 0.4) is 0 Å². The van der Waals surface area contributed by atoms with E-state index in [2.05, 4.69) is 38.8 Å². The maximum absolute atomic E-state index is 14.0. The lowest BCUT2D eigenvalue weighted by Crippen LogP contribution is -2.53. The number of methoxy groups -OCH3 is 2. The third-order valence-electron chi connectivity index (χ3n) is 12.7. The number of rotatable bonds is 11. The van der Waals surface area contributed by atoms with Crippen LogP contribution in [0.25, 0.3) is 44.5 Å². The molecule has 330 valence electrons. The number of hydrogen-bond acceptors (Lipinski definition) is 10. The Hall–Kier alpha value is -7.07. The predicted molar refractivity (Wildman–Crippen MR) is 237 cm³/mol. The van der Waals surface area contributed by atoms with Gasteiger partial charge in [-0.2, -0.15) is 0 Å². The normalized spacial score (nSPS) is 18.7. The van der Waals surface area contributed by atoms with Crippen LogP contribution in [-0.2, 0) is 23.8 Å². The number of amides is 4. The van der Waals surface area contributed by atoms with Gasteiger partial charge in [0.25, 0.3) is 5.91 Å². The van der Waals surface area contributed by atoms with E-state index in [9.17, 15) is 19.2 Å². The van der Waals surface area contributed by atoms with Crippen molar-refractivity contribution in [3.8, 4) is 33.8 Å². The highest BCUT2D eigenvalue weighted by atomic mass is 16.5. The fourth-order valence-corrected chi connectivity index (χ4v) is 9.29. The number of hydrogen-bond donors (Lipinski definition) is 4. The molecular weight excluding hydrogens is 815 g/mol.